The summed E-state index contributed by atoms with van der Waals surface area (Å²) in [6.45, 7) is 3.41. The first-order chi connectivity index (χ1) is 7.87. The van der Waals surface area contributed by atoms with Crippen LogP contribution < -0.4 is 11.1 Å². The first kappa shape index (κ1) is 14.8. The van der Waals surface area contributed by atoms with Gasteiger partial charge in [-0.2, -0.15) is 13.2 Å². The van der Waals surface area contributed by atoms with Crippen LogP contribution in [0, 0.1) is 11.3 Å². The second-order valence-corrected chi connectivity index (χ2v) is 5.43. The maximum Gasteiger partial charge on any atom is 0.390 e. The maximum absolute atomic E-state index is 12.0. The van der Waals surface area contributed by atoms with Crippen LogP contribution in [0.15, 0.2) is 0 Å². The molecule has 1 saturated carbocycles. The van der Waals surface area contributed by atoms with Crippen molar-refractivity contribution < 1.29 is 13.2 Å². The van der Waals surface area contributed by atoms with Gasteiger partial charge in [0.05, 0.1) is 6.42 Å². The molecule has 1 aliphatic rings. The van der Waals surface area contributed by atoms with E-state index in [4.69, 9.17) is 5.73 Å². The van der Waals surface area contributed by atoms with Gasteiger partial charge >= 0.3 is 6.18 Å². The summed E-state index contributed by atoms with van der Waals surface area (Å²) >= 11 is 0. The Morgan fingerprint density at radius 3 is 2.35 bits per heavy atom. The van der Waals surface area contributed by atoms with Gasteiger partial charge < -0.3 is 11.1 Å². The Morgan fingerprint density at radius 1 is 1.29 bits per heavy atom. The van der Waals surface area contributed by atoms with Crippen molar-refractivity contribution in [3.05, 3.63) is 0 Å². The van der Waals surface area contributed by atoms with Crippen LogP contribution in [-0.4, -0.2) is 25.8 Å². The molecule has 3 N–H and O–H groups in total. The predicted octanol–water partition coefficient (Wildman–Crippen LogP) is 2.68. The standard InChI is InChI=1S/C12H23F3N2/c1-10-2-4-11(8-16,5-3-10)9-17-7-6-12(13,14)15/h10,17H,2-9,16H2,1H3. The smallest absolute Gasteiger partial charge is 0.330 e. The average molecular weight is 252 g/mol. The molecule has 0 aromatic carbocycles. The minimum absolute atomic E-state index is 0.000797. The molecule has 0 unspecified atom stereocenters. The monoisotopic (exact) mass is 252 g/mol. The topological polar surface area (TPSA) is 38.0 Å². The van der Waals surface area contributed by atoms with E-state index in [1.165, 1.54) is 0 Å². The van der Waals surface area contributed by atoms with Gasteiger partial charge in [-0.05, 0) is 30.7 Å². The number of rotatable bonds is 5. The highest BCUT2D eigenvalue weighted by Gasteiger charge is 2.33. The first-order valence-corrected chi connectivity index (χ1v) is 6.34. The molecule has 0 aliphatic heterocycles. The molecule has 0 atom stereocenters. The fourth-order valence-electron chi connectivity index (χ4n) is 2.41. The minimum Gasteiger partial charge on any atom is -0.330 e. The number of hydrogen-bond donors (Lipinski definition) is 2. The summed E-state index contributed by atoms with van der Waals surface area (Å²) in [5.41, 5.74) is 5.82. The lowest BCUT2D eigenvalue weighted by atomic mass is 9.71. The lowest BCUT2D eigenvalue weighted by Crippen LogP contribution is -2.43. The van der Waals surface area contributed by atoms with Crippen molar-refractivity contribution in [1.29, 1.82) is 0 Å². The van der Waals surface area contributed by atoms with Gasteiger partial charge in [0.1, 0.15) is 0 Å². The summed E-state index contributed by atoms with van der Waals surface area (Å²) in [5, 5.41) is 2.92. The van der Waals surface area contributed by atoms with Crippen LogP contribution in [0.2, 0.25) is 0 Å². The Kier molecular flexibility index (Phi) is 5.25. The van der Waals surface area contributed by atoms with Crippen LogP contribution in [0.1, 0.15) is 39.0 Å². The van der Waals surface area contributed by atoms with Gasteiger partial charge in [-0.1, -0.05) is 19.8 Å². The summed E-state index contributed by atoms with van der Waals surface area (Å²) in [6.07, 6.45) is -0.488. The summed E-state index contributed by atoms with van der Waals surface area (Å²) in [6, 6.07) is 0. The molecule has 2 nitrogen and oxygen atoms in total. The second kappa shape index (κ2) is 6.05. The minimum atomic E-state index is -4.07. The molecule has 1 rings (SSSR count). The molecular formula is C12H23F3N2. The number of nitrogens with two attached hydrogens (primary N) is 1. The van der Waals surface area contributed by atoms with E-state index in [1.54, 1.807) is 0 Å². The second-order valence-electron chi connectivity index (χ2n) is 5.43. The zero-order valence-corrected chi connectivity index (χ0v) is 10.4. The van der Waals surface area contributed by atoms with Crippen molar-refractivity contribution in [3.63, 3.8) is 0 Å². The Hall–Kier alpha value is -0.290. The van der Waals surface area contributed by atoms with Crippen LogP contribution in [0.25, 0.3) is 0 Å². The number of alkyl halides is 3. The van der Waals surface area contributed by atoms with Crippen molar-refractivity contribution in [3.8, 4) is 0 Å². The summed E-state index contributed by atoms with van der Waals surface area (Å²) < 4.78 is 36.0. The van der Waals surface area contributed by atoms with Crippen molar-refractivity contribution in [1.82, 2.24) is 5.32 Å². The molecule has 0 radical (unpaired) electrons. The van der Waals surface area contributed by atoms with Gasteiger partial charge in [0.2, 0.25) is 0 Å². The van der Waals surface area contributed by atoms with E-state index in [0.717, 1.165) is 31.6 Å². The van der Waals surface area contributed by atoms with Crippen molar-refractivity contribution in [2.45, 2.75) is 45.2 Å². The van der Waals surface area contributed by atoms with Gasteiger partial charge in [0.25, 0.3) is 0 Å². The molecule has 17 heavy (non-hydrogen) atoms. The molecule has 5 heteroatoms. The zero-order chi connectivity index (χ0) is 12.9. The normalized spacial score (nSPS) is 30.5. The maximum atomic E-state index is 12.0. The molecule has 0 spiro atoms. The molecule has 0 saturated heterocycles. The largest absolute Gasteiger partial charge is 0.390 e. The van der Waals surface area contributed by atoms with E-state index in [2.05, 4.69) is 12.2 Å². The van der Waals surface area contributed by atoms with Gasteiger partial charge in [0.15, 0.2) is 0 Å². The molecule has 102 valence electrons. The Balaban J connectivity index is 2.27. The van der Waals surface area contributed by atoms with Crippen molar-refractivity contribution >= 4 is 0 Å². The third kappa shape index (κ3) is 5.25. The van der Waals surface area contributed by atoms with E-state index in [-0.39, 0.29) is 12.0 Å². The molecule has 0 heterocycles. The lowest BCUT2D eigenvalue weighted by molar-refractivity contribution is -0.133. The quantitative estimate of drug-likeness (QED) is 0.738. The van der Waals surface area contributed by atoms with Gasteiger partial charge in [-0.25, -0.2) is 0 Å². The fourth-order valence-corrected chi connectivity index (χ4v) is 2.41. The third-order valence-electron chi connectivity index (χ3n) is 3.85. The van der Waals surface area contributed by atoms with Gasteiger partial charge in [-0.15, -0.1) is 0 Å². The Labute approximate surface area is 101 Å². The number of halogens is 3. The van der Waals surface area contributed by atoms with Crippen LogP contribution >= 0.6 is 0 Å². The summed E-state index contributed by atoms with van der Waals surface area (Å²) in [4.78, 5) is 0. The predicted molar refractivity (Wildman–Crippen MR) is 62.7 cm³/mol. The molecule has 1 fully saturated rings. The highest BCUT2D eigenvalue weighted by Crippen LogP contribution is 2.37. The van der Waals surface area contributed by atoms with Gasteiger partial charge in [0, 0.05) is 13.1 Å². The van der Waals surface area contributed by atoms with Crippen LogP contribution in [0.4, 0.5) is 13.2 Å². The summed E-state index contributed by atoms with van der Waals surface area (Å²) in [7, 11) is 0. The van der Waals surface area contributed by atoms with E-state index in [0.29, 0.717) is 13.1 Å². The van der Waals surface area contributed by atoms with Crippen LogP contribution in [-0.2, 0) is 0 Å². The van der Waals surface area contributed by atoms with E-state index >= 15 is 0 Å². The van der Waals surface area contributed by atoms with E-state index < -0.39 is 12.6 Å². The number of nitrogens with one attached hydrogen (secondary N) is 1. The van der Waals surface area contributed by atoms with Crippen molar-refractivity contribution in [2.75, 3.05) is 19.6 Å². The highest BCUT2D eigenvalue weighted by molar-refractivity contribution is 4.87. The molecule has 0 bridgehead atoms. The summed E-state index contributed by atoms with van der Waals surface area (Å²) in [5.74, 6) is 0.727. The molecule has 0 aromatic heterocycles. The number of hydrogen-bond acceptors (Lipinski definition) is 2. The third-order valence-corrected chi connectivity index (χ3v) is 3.85. The molecule has 0 amide bonds. The van der Waals surface area contributed by atoms with E-state index in [9.17, 15) is 13.2 Å². The molecular weight excluding hydrogens is 229 g/mol. The average Bonchev–Trinajstić information content (AvgIpc) is 2.26. The van der Waals surface area contributed by atoms with Crippen LogP contribution in [0.3, 0.4) is 0 Å². The van der Waals surface area contributed by atoms with Crippen molar-refractivity contribution in [2.24, 2.45) is 17.1 Å². The highest BCUT2D eigenvalue weighted by atomic mass is 19.4. The molecule has 1 aliphatic carbocycles. The lowest BCUT2D eigenvalue weighted by Gasteiger charge is -2.38. The van der Waals surface area contributed by atoms with Crippen LogP contribution in [0.5, 0.6) is 0 Å². The van der Waals surface area contributed by atoms with Gasteiger partial charge in [-0.3, -0.25) is 0 Å². The molecule has 0 aromatic rings. The fraction of sp³-hybridized carbons (Fsp3) is 1.00. The Morgan fingerprint density at radius 2 is 1.88 bits per heavy atom. The SMILES string of the molecule is CC1CCC(CN)(CNCCC(F)(F)F)CC1. The van der Waals surface area contributed by atoms with E-state index in [1.807, 2.05) is 0 Å². The Bertz CT molecular complexity index is 220. The zero-order valence-electron chi connectivity index (χ0n) is 10.4. The first-order valence-electron chi connectivity index (χ1n) is 6.34.